The van der Waals surface area contributed by atoms with E-state index in [1.54, 1.807) is 7.11 Å². The number of hydrogen-bond donors (Lipinski definition) is 2. The number of nitrogens with two attached hydrogens (primary N) is 1. The SMILES string of the molecule is COC(CNC(N)=O)[CH2][197Hg][Cl]. The summed E-state index contributed by atoms with van der Waals surface area (Å²) in [5.74, 6) is 0. The van der Waals surface area contributed by atoms with E-state index in [4.69, 9.17) is 18.7 Å². The molecule has 0 saturated carbocycles. The zero-order valence-corrected chi connectivity index (χ0v) is 12.7. The van der Waals surface area contributed by atoms with E-state index in [0.717, 1.165) is 3.93 Å². The van der Waals surface area contributed by atoms with E-state index in [1.807, 2.05) is 0 Å². The number of carbonyl (C=O) groups excluding carboxylic acids is 1. The minimum absolute atomic E-state index is 0.0571. The Bertz CT molecular complexity index is 125. The van der Waals surface area contributed by atoms with Crippen molar-refractivity contribution in [2.45, 2.75) is 10.0 Å². The zero-order valence-electron chi connectivity index (χ0n) is 6.47. The van der Waals surface area contributed by atoms with Gasteiger partial charge in [0.1, 0.15) is 0 Å². The number of halogens is 1. The third-order valence-corrected chi connectivity index (χ3v) is 6.53. The third-order valence-electron chi connectivity index (χ3n) is 1.27. The molecule has 0 bridgehead atoms. The molecule has 0 aliphatic carbocycles. The molecule has 0 aromatic heterocycles. The summed E-state index contributed by atoms with van der Waals surface area (Å²) < 4.78 is 5.97. The van der Waals surface area contributed by atoms with Crippen molar-refractivity contribution >= 4 is 14.3 Å². The van der Waals surface area contributed by atoms with Gasteiger partial charge in [-0.3, -0.25) is 0 Å². The second-order valence-corrected chi connectivity index (χ2v) is 9.11. The van der Waals surface area contributed by atoms with Gasteiger partial charge in [-0.2, -0.15) is 0 Å². The van der Waals surface area contributed by atoms with Gasteiger partial charge in [0, 0.05) is 0 Å². The fraction of sp³-hybridized carbons (Fsp3) is 0.800. The summed E-state index contributed by atoms with van der Waals surface area (Å²) in [6, 6.07) is -0.515. The Kier molecular flexibility index (Phi) is 7.42. The van der Waals surface area contributed by atoms with E-state index in [1.165, 1.54) is 0 Å². The number of hydrogen-bond acceptors (Lipinski definition) is 2. The standard InChI is InChI=1S/C5H11N2O2.ClH.Hg/c1-4(9-2)3-7-5(6)8;;/h4H,1,3H2,2H3,(H3,6,7,8);1H;/q;;+1/p-1/i;;1-4. The van der Waals surface area contributed by atoms with Crippen LogP contribution in [0.4, 0.5) is 4.79 Å². The van der Waals surface area contributed by atoms with E-state index in [2.05, 4.69) is 5.32 Å². The first kappa shape index (κ1) is 11.5. The summed E-state index contributed by atoms with van der Waals surface area (Å²) in [6.45, 7) is 0.471. The molecule has 0 heterocycles. The van der Waals surface area contributed by atoms with E-state index in [9.17, 15) is 4.79 Å². The second kappa shape index (κ2) is 7.12. The molecule has 4 nitrogen and oxygen atoms in total. The van der Waals surface area contributed by atoms with Crippen LogP contribution in [0.5, 0.6) is 0 Å². The second-order valence-electron chi connectivity index (χ2n) is 2.08. The number of urea groups is 1. The van der Waals surface area contributed by atoms with Gasteiger partial charge in [0.2, 0.25) is 0 Å². The monoisotopic (exact) mass is 363 g/mol. The fourth-order valence-corrected chi connectivity index (χ4v) is 5.43. The van der Waals surface area contributed by atoms with Crippen molar-refractivity contribution in [1.82, 2.24) is 5.32 Å². The molecule has 0 spiro atoms. The van der Waals surface area contributed by atoms with Crippen LogP contribution in [0.1, 0.15) is 0 Å². The predicted octanol–water partition coefficient (Wildman–Crippen LogP) is 0.324. The molecule has 11 heavy (non-hydrogen) atoms. The Morgan fingerprint density at radius 1 is 1.91 bits per heavy atom. The maximum atomic E-state index is 10.3. The summed E-state index contributed by atoms with van der Waals surface area (Å²) in [7, 11) is 7.29. The molecule has 0 aliphatic rings. The molecule has 0 fully saturated rings. The molecular weight excluding hydrogens is 352 g/mol. The molecule has 0 aromatic carbocycles. The average Bonchev–Trinajstić information content (AvgIpc) is 1.97. The van der Waals surface area contributed by atoms with Crippen LogP contribution >= 0.6 is 8.25 Å². The normalized spacial score (nSPS) is 11.8. The molecule has 0 radical (unpaired) electrons. The van der Waals surface area contributed by atoms with Gasteiger partial charge in [-0.25, -0.2) is 0 Å². The van der Waals surface area contributed by atoms with Gasteiger partial charge < -0.3 is 0 Å². The van der Waals surface area contributed by atoms with Crippen molar-refractivity contribution in [2.75, 3.05) is 13.7 Å². The van der Waals surface area contributed by atoms with E-state index in [0.29, 0.717) is 6.54 Å². The number of nitrogens with one attached hydrogen (secondary N) is 1. The van der Waals surface area contributed by atoms with Crippen LogP contribution < -0.4 is 11.1 Å². The van der Waals surface area contributed by atoms with Gasteiger partial charge >= 0.3 is 81.9 Å². The predicted molar refractivity (Wildman–Crippen MR) is 39.0 cm³/mol. The molecule has 0 rings (SSSR count). The number of amides is 2. The minimum atomic E-state index is -1.16. The van der Waals surface area contributed by atoms with Crippen LogP contribution in [-0.2, 0) is 28.1 Å². The van der Waals surface area contributed by atoms with Crippen LogP contribution in [0.3, 0.4) is 0 Å². The summed E-state index contributed by atoms with van der Waals surface area (Å²) in [4.78, 5) is 10.3. The van der Waals surface area contributed by atoms with Crippen LogP contribution in [0, 0.1) is 0 Å². The first-order valence-corrected chi connectivity index (χ1v) is 14.0. The van der Waals surface area contributed by atoms with Crippen molar-refractivity contribution in [3.63, 3.8) is 0 Å². The molecule has 3 N–H and O–H groups in total. The molecule has 1 unspecified atom stereocenters. The Balaban J connectivity index is 3.43. The van der Waals surface area contributed by atoms with Crippen LogP contribution in [0.25, 0.3) is 0 Å². The van der Waals surface area contributed by atoms with Gasteiger partial charge in [0.15, 0.2) is 0 Å². The topological polar surface area (TPSA) is 64.3 Å². The third kappa shape index (κ3) is 6.84. The summed E-state index contributed by atoms with van der Waals surface area (Å²) in [6.07, 6.45) is 0.0571. The van der Waals surface area contributed by atoms with E-state index < -0.39 is 29.4 Å². The van der Waals surface area contributed by atoms with Crippen LogP contribution in [0.15, 0.2) is 0 Å². The Morgan fingerprint density at radius 3 is 2.91 bits per heavy atom. The quantitative estimate of drug-likeness (QED) is 0.691. The first-order valence-electron chi connectivity index (χ1n) is 3.32. The van der Waals surface area contributed by atoms with Gasteiger partial charge in [-0.1, -0.05) is 0 Å². The summed E-state index contributed by atoms with van der Waals surface area (Å²) >= 11 is -1.16. The maximum absolute atomic E-state index is 10.3. The van der Waals surface area contributed by atoms with Crippen molar-refractivity contribution in [3.05, 3.63) is 0 Å². The van der Waals surface area contributed by atoms with Crippen LogP contribution in [0.2, 0.25) is 3.93 Å². The van der Waals surface area contributed by atoms with Gasteiger partial charge in [0.25, 0.3) is 0 Å². The molecule has 0 aromatic rings. The Morgan fingerprint density at radius 2 is 2.55 bits per heavy atom. The molecule has 0 saturated heterocycles. The number of primary amides is 1. The fourth-order valence-electron chi connectivity index (χ4n) is 0.639. The Labute approximate surface area is 81.7 Å². The van der Waals surface area contributed by atoms with E-state index >= 15 is 0 Å². The zero-order chi connectivity index (χ0) is 8.69. The number of methoxy groups -OCH3 is 1. The molecular formula is C5H11ClHgN2O2. The van der Waals surface area contributed by atoms with E-state index in [-0.39, 0.29) is 6.10 Å². The molecule has 1 atom stereocenters. The molecule has 2 amide bonds. The van der Waals surface area contributed by atoms with Crippen LogP contribution in [-0.4, -0.2) is 25.8 Å². The van der Waals surface area contributed by atoms with Gasteiger partial charge in [0.05, 0.1) is 0 Å². The van der Waals surface area contributed by atoms with Crippen molar-refractivity contribution < 1.29 is 32.9 Å². The number of ether oxygens (including phenoxy) is 1. The molecule has 0 aliphatic heterocycles. The Hall–Kier alpha value is 0.455. The summed E-state index contributed by atoms with van der Waals surface area (Å²) in [5, 5.41) is 2.47. The molecule has 62 valence electrons. The first-order chi connectivity index (χ1) is 5.20. The van der Waals surface area contributed by atoms with Crippen molar-refractivity contribution in [1.29, 1.82) is 0 Å². The van der Waals surface area contributed by atoms with Crippen molar-refractivity contribution in [3.8, 4) is 0 Å². The number of rotatable bonds is 5. The summed E-state index contributed by atoms with van der Waals surface area (Å²) in [5.41, 5.74) is 4.87. The number of carbonyl (C=O) groups is 1. The molecule has 6 heteroatoms. The van der Waals surface area contributed by atoms with Crippen molar-refractivity contribution in [2.24, 2.45) is 5.73 Å². The van der Waals surface area contributed by atoms with Gasteiger partial charge in [-0.15, -0.1) is 0 Å². The average molecular weight is 364 g/mol. The van der Waals surface area contributed by atoms with Gasteiger partial charge in [-0.05, 0) is 0 Å².